The van der Waals surface area contributed by atoms with Crippen LogP contribution in [0.4, 0.5) is 5.69 Å². The molecule has 0 saturated heterocycles. The van der Waals surface area contributed by atoms with E-state index in [9.17, 15) is 4.79 Å². The second kappa shape index (κ2) is 4.28. The third-order valence-electron chi connectivity index (χ3n) is 1.92. The molecule has 1 heterocycles. The van der Waals surface area contributed by atoms with Gasteiger partial charge in [0.25, 0.3) is 11.7 Å². The number of hydrogen-bond donors (Lipinski definition) is 2. The van der Waals surface area contributed by atoms with E-state index >= 15 is 0 Å². The number of rotatable bonds is 2. The van der Waals surface area contributed by atoms with Gasteiger partial charge in [0, 0.05) is 0 Å². The number of H-pyrrole nitrogens is 1. The molecule has 0 fully saturated rings. The molecule has 16 heavy (non-hydrogen) atoms. The fourth-order valence-electron chi connectivity index (χ4n) is 1.16. The first-order valence-corrected chi connectivity index (χ1v) is 4.85. The number of aromatic nitrogens is 4. The molecule has 82 valence electrons. The molecule has 0 aliphatic carbocycles. The van der Waals surface area contributed by atoms with Crippen LogP contribution in [-0.4, -0.2) is 26.5 Å². The summed E-state index contributed by atoms with van der Waals surface area (Å²) < 4.78 is 0. The van der Waals surface area contributed by atoms with E-state index in [0.29, 0.717) is 10.7 Å². The van der Waals surface area contributed by atoms with E-state index in [1.165, 1.54) is 0 Å². The molecule has 1 aromatic carbocycles. The molecule has 0 atom stereocenters. The quantitative estimate of drug-likeness (QED) is 0.827. The summed E-state index contributed by atoms with van der Waals surface area (Å²) in [5.41, 5.74) is 1.53. The molecule has 0 saturated carbocycles. The minimum Gasteiger partial charge on any atom is -0.318 e. The van der Waals surface area contributed by atoms with E-state index in [2.05, 4.69) is 25.9 Å². The normalized spacial score (nSPS) is 10.1. The van der Waals surface area contributed by atoms with Gasteiger partial charge in [0.15, 0.2) is 0 Å². The number of halogens is 1. The first-order chi connectivity index (χ1) is 7.66. The van der Waals surface area contributed by atoms with Crippen molar-refractivity contribution in [2.24, 2.45) is 0 Å². The van der Waals surface area contributed by atoms with Crippen molar-refractivity contribution in [1.82, 2.24) is 20.6 Å². The fraction of sp³-hybridized carbons (Fsp3) is 0.111. The van der Waals surface area contributed by atoms with E-state index in [1.54, 1.807) is 12.1 Å². The number of carbonyl (C=O) groups excluding carboxylic acids is 1. The molecule has 7 heteroatoms. The van der Waals surface area contributed by atoms with Crippen LogP contribution < -0.4 is 5.32 Å². The van der Waals surface area contributed by atoms with Gasteiger partial charge < -0.3 is 5.32 Å². The van der Waals surface area contributed by atoms with Crippen molar-refractivity contribution in [2.75, 3.05) is 5.32 Å². The lowest BCUT2D eigenvalue weighted by atomic mass is 10.2. The van der Waals surface area contributed by atoms with Crippen LogP contribution in [-0.2, 0) is 0 Å². The number of nitrogens with one attached hydrogen (secondary N) is 2. The molecule has 0 aliphatic rings. The molecule has 2 rings (SSSR count). The van der Waals surface area contributed by atoms with Crippen LogP contribution in [0.3, 0.4) is 0 Å². The zero-order valence-electron chi connectivity index (χ0n) is 8.36. The number of hydrogen-bond acceptors (Lipinski definition) is 4. The Morgan fingerprint density at radius 3 is 2.94 bits per heavy atom. The smallest absolute Gasteiger partial charge is 0.297 e. The number of anilines is 1. The second-order valence-electron chi connectivity index (χ2n) is 3.17. The van der Waals surface area contributed by atoms with E-state index in [4.69, 9.17) is 11.6 Å². The van der Waals surface area contributed by atoms with Crippen molar-refractivity contribution in [3.63, 3.8) is 0 Å². The first-order valence-electron chi connectivity index (χ1n) is 4.48. The maximum Gasteiger partial charge on any atom is 0.297 e. The van der Waals surface area contributed by atoms with E-state index in [1.807, 2.05) is 13.0 Å². The number of carbonyl (C=O) groups is 1. The fourth-order valence-corrected chi connectivity index (χ4v) is 1.44. The second-order valence-corrected chi connectivity index (χ2v) is 3.58. The Kier molecular flexibility index (Phi) is 2.82. The largest absolute Gasteiger partial charge is 0.318 e. The van der Waals surface area contributed by atoms with Crippen LogP contribution in [0.15, 0.2) is 18.2 Å². The number of tetrazole rings is 1. The standard InChI is InChI=1S/C9H8ClN5O/c1-5-2-3-7(6(10)4-5)11-9(16)8-12-14-15-13-8/h2-4H,1H3,(H,11,16)(H,12,13,14,15). The maximum atomic E-state index is 11.6. The third kappa shape index (κ3) is 2.17. The van der Waals surface area contributed by atoms with Gasteiger partial charge in [0.2, 0.25) is 0 Å². The highest BCUT2D eigenvalue weighted by Gasteiger charge is 2.12. The molecule has 0 radical (unpaired) electrons. The van der Waals surface area contributed by atoms with E-state index < -0.39 is 5.91 Å². The molecule has 0 unspecified atom stereocenters. The minimum absolute atomic E-state index is 0.0309. The van der Waals surface area contributed by atoms with Gasteiger partial charge in [-0.05, 0) is 29.8 Å². The van der Waals surface area contributed by atoms with Crippen LogP contribution in [0.2, 0.25) is 5.02 Å². The third-order valence-corrected chi connectivity index (χ3v) is 2.23. The van der Waals surface area contributed by atoms with Gasteiger partial charge in [0.05, 0.1) is 10.7 Å². The van der Waals surface area contributed by atoms with Gasteiger partial charge in [-0.2, -0.15) is 5.21 Å². The Labute approximate surface area is 96.0 Å². The zero-order valence-corrected chi connectivity index (χ0v) is 9.12. The van der Waals surface area contributed by atoms with Crippen molar-refractivity contribution in [2.45, 2.75) is 6.92 Å². The predicted molar refractivity (Wildman–Crippen MR) is 58.3 cm³/mol. The summed E-state index contributed by atoms with van der Waals surface area (Å²) in [6.45, 7) is 1.91. The Balaban J connectivity index is 2.18. The highest BCUT2D eigenvalue weighted by Crippen LogP contribution is 2.22. The highest BCUT2D eigenvalue weighted by molar-refractivity contribution is 6.33. The van der Waals surface area contributed by atoms with Crippen LogP contribution in [0.1, 0.15) is 16.2 Å². The number of benzene rings is 1. The maximum absolute atomic E-state index is 11.6. The summed E-state index contributed by atoms with van der Waals surface area (Å²) in [5, 5.41) is 15.7. The minimum atomic E-state index is -0.459. The summed E-state index contributed by atoms with van der Waals surface area (Å²) in [7, 11) is 0. The molecule has 0 spiro atoms. The van der Waals surface area contributed by atoms with Gasteiger partial charge in [0.1, 0.15) is 0 Å². The summed E-state index contributed by atoms with van der Waals surface area (Å²) >= 11 is 5.96. The number of amides is 1. The molecular formula is C9H8ClN5O. The lowest BCUT2D eigenvalue weighted by molar-refractivity contribution is 0.101. The SMILES string of the molecule is Cc1ccc(NC(=O)c2nn[nH]n2)c(Cl)c1. The van der Waals surface area contributed by atoms with Crippen LogP contribution in [0.25, 0.3) is 0 Å². The predicted octanol–water partition coefficient (Wildman–Crippen LogP) is 1.41. The highest BCUT2D eigenvalue weighted by atomic mass is 35.5. The molecule has 1 amide bonds. The van der Waals surface area contributed by atoms with Gasteiger partial charge in [-0.1, -0.05) is 17.7 Å². The van der Waals surface area contributed by atoms with Crippen LogP contribution in [0.5, 0.6) is 0 Å². The molecule has 2 N–H and O–H groups in total. The Bertz CT molecular complexity index is 511. The van der Waals surface area contributed by atoms with Crippen molar-refractivity contribution >= 4 is 23.2 Å². The average molecular weight is 238 g/mol. The van der Waals surface area contributed by atoms with Crippen molar-refractivity contribution in [3.05, 3.63) is 34.6 Å². The topological polar surface area (TPSA) is 83.6 Å². The van der Waals surface area contributed by atoms with Crippen molar-refractivity contribution in [1.29, 1.82) is 0 Å². The molecule has 0 aliphatic heterocycles. The number of nitrogens with zero attached hydrogens (tertiary/aromatic N) is 3. The Morgan fingerprint density at radius 1 is 1.50 bits per heavy atom. The van der Waals surface area contributed by atoms with Crippen LogP contribution in [0, 0.1) is 6.92 Å². The first kappa shape index (κ1) is 10.6. The summed E-state index contributed by atoms with van der Waals surface area (Å²) in [4.78, 5) is 11.6. The number of aryl methyl sites for hydroxylation is 1. The van der Waals surface area contributed by atoms with Gasteiger partial charge in [-0.3, -0.25) is 4.79 Å². The van der Waals surface area contributed by atoms with E-state index in [0.717, 1.165) is 5.56 Å². The van der Waals surface area contributed by atoms with Gasteiger partial charge in [-0.25, -0.2) is 0 Å². The molecule has 0 bridgehead atoms. The lowest BCUT2D eigenvalue weighted by Crippen LogP contribution is -2.14. The Hall–Kier alpha value is -1.95. The van der Waals surface area contributed by atoms with Crippen molar-refractivity contribution < 1.29 is 4.79 Å². The molecular weight excluding hydrogens is 230 g/mol. The van der Waals surface area contributed by atoms with Crippen molar-refractivity contribution in [3.8, 4) is 0 Å². The van der Waals surface area contributed by atoms with Crippen LogP contribution >= 0.6 is 11.6 Å². The molecule has 6 nitrogen and oxygen atoms in total. The lowest BCUT2D eigenvalue weighted by Gasteiger charge is -2.05. The number of aromatic amines is 1. The van der Waals surface area contributed by atoms with E-state index in [-0.39, 0.29) is 5.82 Å². The summed E-state index contributed by atoms with van der Waals surface area (Å²) in [5.74, 6) is -0.490. The summed E-state index contributed by atoms with van der Waals surface area (Å²) in [6, 6.07) is 5.32. The average Bonchev–Trinajstić information content (AvgIpc) is 2.75. The van der Waals surface area contributed by atoms with Gasteiger partial charge >= 0.3 is 0 Å². The zero-order chi connectivity index (χ0) is 11.5. The summed E-state index contributed by atoms with van der Waals surface area (Å²) in [6.07, 6.45) is 0. The molecule has 1 aromatic heterocycles. The Morgan fingerprint density at radius 2 is 2.31 bits per heavy atom. The van der Waals surface area contributed by atoms with Gasteiger partial charge in [-0.15, -0.1) is 10.2 Å². The molecule has 2 aromatic rings. The monoisotopic (exact) mass is 237 g/mol.